The van der Waals surface area contributed by atoms with Crippen LogP contribution in [0.25, 0.3) is 16.9 Å². The van der Waals surface area contributed by atoms with Gasteiger partial charge in [-0.1, -0.05) is 0 Å². The zero-order valence-corrected chi connectivity index (χ0v) is 13.8. The molecule has 0 atom stereocenters. The molecule has 0 saturated carbocycles. The standard InChI is InChI=1S/C16H12F3N5O3/c1-27-11-4-2-10(3-5-11)23-12(7-14(22-23)16(17,18)19)9-6-13(24(25)26)15(20)21-8-9/h2-8H,1H3,(H2,20,21). The van der Waals surface area contributed by atoms with Crippen molar-refractivity contribution in [3.05, 3.63) is 58.4 Å². The van der Waals surface area contributed by atoms with Crippen molar-refractivity contribution in [2.45, 2.75) is 6.18 Å². The van der Waals surface area contributed by atoms with E-state index in [4.69, 9.17) is 10.5 Å². The summed E-state index contributed by atoms with van der Waals surface area (Å²) in [5, 5.41) is 14.7. The van der Waals surface area contributed by atoms with E-state index in [0.717, 1.165) is 23.0 Å². The van der Waals surface area contributed by atoms with Gasteiger partial charge in [0.05, 0.1) is 23.4 Å². The van der Waals surface area contributed by atoms with Gasteiger partial charge in [-0.2, -0.15) is 18.3 Å². The van der Waals surface area contributed by atoms with Crippen LogP contribution in [0.4, 0.5) is 24.7 Å². The van der Waals surface area contributed by atoms with Crippen molar-refractivity contribution in [3.8, 4) is 22.7 Å². The average Bonchev–Trinajstić information content (AvgIpc) is 3.07. The Hall–Kier alpha value is -3.63. The highest BCUT2D eigenvalue weighted by molar-refractivity contribution is 5.68. The summed E-state index contributed by atoms with van der Waals surface area (Å²) < 4.78 is 45.5. The van der Waals surface area contributed by atoms with Crippen LogP contribution in [0.2, 0.25) is 0 Å². The maximum atomic E-state index is 13.2. The average molecular weight is 379 g/mol. The van der Waals surface area contributed by atoms with Gasteiger partial charge in [0.1, 0.15) is 5.75 Å². The van der Waals surface area contributed by atoms with Gasteiger partial charge < -0.3 is 10.5 Å². The lowest BCUT2D eigenvalue weighted by Gasteiger charge is -2.09. The molecule has 0 saturated heterocycles. The van der Waals surface area contributed by atoms with Gasteiger partial charge in [0.15, 0.2) is 5.69 Å². The zero-order valence-electron chi connectivity index (χ0n) is 13.8. The highest BCUT2D eigenvalue weighted by Crippen LogP contribution is 2.34. The molecule has 0 radical (unpaired) electrons. The summed E-state index contributed by atoms with van der Waals surface area (Å²) in [7, 11) is 1.45. The predicted molar refractivity (Wildman–Crippen MR) is 89.4 cm³/mol. The van der Waals surface area contributed by atoms with E-state index in [-0.39, 0.29) is 17.1 Å². The maximum Gasteiger partial charge on any atom is 0.435 e. The third kappa shape index (κ3) is 3.52. The van der Waals surface area contributed by atoms with Gasteiger partial charge in [-0.25, -0.2) is 9.67 Å². The van der Waals surface area contributed by atoms with Gasteiger partial charge in [0, 0.05) is 17.8 Å². The minimum absolute atomic E-state index is 0.0249. The van der Waals surface area contributed by atoms with Gasteiger partial charge in [-0.15, -0.1) is 0 Å². The second-order valence-electron chi connectivity index (χ2n) is 5.41. The number of rotatable bonds is 4. The molecule has 27 heavy (non-hydrogen) atoms. The van der Waals surface area contributed by atoms with Crippen LogP contribution in [-0.2, 0) is 6.18 Å². The maximum absolute atomic E-state index is 13.2. The molecule has 3 aromatic rings. The van der Waals surface area contributed by atoms with Crippen molar-refractivity contribution in [2.24, 2.45) is 0 Å². The molecule has 0 unspecified atom stereocenters. The lowest BCUT2D eigenvalue weighted by molar-refractivity contribution is -0.384. The molecule has 0 amide bonds. The molecule has 2 aromatic heterocycles. The summed E-state index contributed by atoms with van der Waals surface area (Å²) in [4.78, 5) is 14.0. The Bertz CT molecular complexity index is 1000. The van der Waals surface area contributed by atoms with Gasteiger partial charge >= 0.3 is 11.9 Å². The number of alkyl halides is 3. The highest BCUT2D eigenvalue weighted by Gasteiger charge is 2.35. The van der Waals surface area contributed by atoms with E-state index in [1.165, 1.54) is 19.2 Å². The van der Waals surface area contributed by atoms with Crippen LogP contribution in [0.3, 0.4) is 0 Å². The summed E-state index contributed by atoms with van der Waals surface area (Å²) in [6, 6.07) is 7.97. The van der Waals surface area contributed by atoms with Crippen molar-refractivity contribution in [1.82, 2.24) is 14.8 Å². The number of nitrogen functional groups attached to an aromatic ring is 1. The number of nitro groups is 1. The van der Waals surface area contributed by atoms with Crippen molar-refractivity contribution in [1.29, 1.82) is 0 Å². The number of ether oxygens (including phenoxy) is 1. The summed E-state index contributed by atoms with van der Waals surface area (Å²) in [5.74, 6) is 0.170. The molecule has 0 aliphatic carbocycles. The Balaban J connectivity index is 2.20. The van der Waals surface area contributed by atoms with Crippen LogP contribution >= 0.6 is 0 Å². The number of nitrogens with zero attached hydrogens (tertiary/aromatic N) is 4. The molecular weight excluding hydrogens is 367 g/mol. The predicted octanol–water partition coefficient (Wildman–Crippen LogP) is 3.45. The first-order valence-electron chi connectivity index (χ1n) is 7.42. The number of aromatic nitrogens is 3. The SMILES string of the molecule is COc1ccc(-n2nc(C(F)(F)F)cc2-c2cnc(N)c([N+](=O)[O-])c2)cc1. The molecule has 2 N–H and O–H groups in total. The van der Waals surface area contributed by atoms with Crippen LogP contribution in [-0.4, -0.2) is 26.8 Å². The number of halogens is 3. The van der Waals surface area contributed by atoms with Gasteiger partial charge in [-0.3, -0.25) is 10.1 Å². The lowest BCUT2D eigenvalue weighted by Crippen LogP contribution is -2.07. The second-order valence-corrected chi connectivity index (χ2v) is 5.41. The summed E-state index contributed by atoms with van der Waals surface area (Å²) in [6.07, 6.45) is -3.54. The number of anilines is 1. The molecule has 11 heteroatoms. The van der Waals surface area contributed by atoms with Crippen molar-refractivity contribution < 1.29 is 22.8 Å². The van der Waals surface area contributed by atoms with E-state index in [2.05, 4.69) is 10.1 Å². The third-order valence-corrected chi connectivity index (χ3v) is 3.71. The van der Waals surface area contributed by atoms with Gasteiger partial charge in [0.2, 0.25) is 5.82 Å². The summed E-state index contributed by atoms with van der Waals surface area (Å²) >= 11 is 0. The first-order chi connectivity index (χ1) is 12.7. The van der Waals surface area contributed by atoms with Gasteiger partial charge in [-0.05, 0) is 30.3 Å². The number of methoxy groups -OCH3 is 1. The fraction of sp³-hybridized carbons (Fsp3) is 0.125. The minimum atomic E-state index is -4.69. The van der Waals surface area contributed by atoms with Crippen LogP contribution in [0.5, 0.6) is 5.75 Å². The monoisotopic (exact) mass is 379 g/mol. The molecule has 1 aromatic carbocycles. The highest BCUT2D eigenvalue weighted by atomic mass is 19.4. The minimum Gasteiger partial charge on any atom is -0.497 e. The molecule has 0 spiro atoms. The van der Waals surface area contributed by atoms with Crippen molar-refractivity contribution >= 4 is 11.5 Å². The molecule has 8 nitrogen and oxygen atoms in total. The molecule has 3 rings (SSSR count). The topological polar surface area (TPSA) is 109 Å². The molecular formula is C16H12F3N5O3. The Morgan fingerprint density at radius 2 is 1.89 bits per heavy atom. The van der Waals surface area contributed by atoms with Crippen molar-refractivity contribution in [2.75, 3.05) is 12.8 Å². The normalized spacial score (nSPS) is 11.4. The number of benzene rings is 1. The first kappa shape index (κ1) is 18.2. The molecule has 140 valence electrons. The summed E-state index contributed by atoms with van der Waals surface area (Å²) in [6.45, 7) is 0. The molecule has 0 fully saturated rings. The fourth-order valence-corrected chi connectivity index (χ4v) is 2.40. The van der Waals surface area contributed by atoms with E-state index in [1.807, 2.05) is 0 Å². The number of hydrogen-bond donors (Lipinski definition) is 1. The third-order valence-electron chi connectivity index (χ3n) is 3.71. The van der Waals surface area contributed by atoms with E-state index in [9.17, 15) is 23.3 Å². The van der Waals surface area contributed by atoms with E-state index in [1.54, 1.807) is 12.1 Å². The summed E-state index contributed by atoms with van der Waals surface area (Å²) in [5.41, 5.74) is 4.14. The molecule has 0 aliphatic rings. The smallest absolute Gasteiger partial charge is 0.435 e. The van der Waals surface area contributed by atoms with Crippen molar-refractivity contribution in [3.63, 3.8) is 0 Å². The van der Waals surface area contributed by atoms with Gasteiger partial charge in [0.25, 0.3) is 0 Å². The quantitative estimate of drug-likeness (QED) is 0.549. The molecule has 0 bridgehead atoms. The number of hydrogen-bond acceptors (Lipinski definition) is 6. The van der Waals surface area contributed by atoms with Crippen LogP contribution < -0.4 is 10.5 Å². The Morgan fingerprint density at radius 1 is 1.22 bits per heavy atom. The van der Waals surface area contributed by atoms with Crippen LogP contribution in [0, 0.1) is 10.1 Å². The lowest BCUT2D eigenvalue weighted by atomic mass is 10.1. The first-order valence-corrected chi connectivity index (χ1v) is 7.42. The molecule has 0 aliphatic heterocycles. The zero-order chi connectivity index (χ0) is 19.8. The largest absolute Gasteiger partial charge is 0.497 e. The van der Waals surface area contributed by atoms with Crippen LogP contribution in [0.15, 0.2) is 42.6 Å². The fourth-order valence-electron chi connectivity index (χ4n) is 2.40. The van der Waals surface area contributed by atoms with E-state index < -0.39 is 22.5 Å². The molecule has 2 heterocycles. The number of nitrogens with two attached hydrogens (primary N) is 1. The Labute approximate surface area is 150 Å². The Morgan fingerprint density at radius 3 is 2.44 bits per heavy atom. The van der Waals surface area contributed by atoms with E-state index >= 15 is 0 Å². The Kier molecular flexibility index (Phi) is 4.44. The van der Waals surface area contributed by atoms with Crippen LogP contribution in [0.1, 0.15) is 5.69 Å². The van der Waals surface area contributed by atoms with E-state index in [0.29, 0.717) is 11.4 Å². The second kappa shape index (κ2) is 6.59. The number of pyridine rings is 1.